The minimum absolute atomic E-state index is 0. The van der Waals surface area contributed by atoms with Crippen LogP contribution in [0.4, 0.5) is 0 Å². The van der Waals surface area contributed by atoms with E-state index in [0.29, 0.717) is 6.04 Å². The van der Waals surface area contributed by atoms with Gasteiger partial charge in [0.1, 0.15) is 0 Å². The first kappa shape index (κ1) is 19.2. The second kappa shape index (κ2) is 8.84. The van der Waals surface area contributed by atoms with Crippen molar-refractivity contribution in [3.8, 4) is 10.4 Å². The van der Waals surface area contributed by atoms with Gasteiger partial charge in [0.15, 0.2) is 0 Å². The Morgan fingerprint density at radius 1 is 1.25 bits per heavy atom. The molecule has 2 heterocycles. The van der Waals surface area contributed by atoms with Crippen LogP contribution in [0.1, 0.15) is 55.2 Å². The van der Waals surface area contributed by atoms with Crippen molar-refractivity contribution in [1.29, 1.82) is 0 Å². The topological polar surface area (TPSA) is 44.9 Å². The molecule has 0 unspecified atom stereocenters. The molecule has 1 aliphatic carbocycles. The first-order valence-electron chi connectivity index (χ1n) is 8.72. The molecule has 0 amide bonds. The summed E-state index contributed by atoms with van der Waals surface area (Å²) in [5.74, 6) is 0. The third-order valence-electron chi connectivity index (χ3n) is 4.72. The summed E-state index contributed by atoms with van der Waals surface area (Å²) in [6.07, 6.45) is 7.50. The molecule has 0 atom stereocenters. The Hall–Kier alpha value is -1.10. The van der Waals surface area contributed by atoms with E-state index in [-0.39, 0.29) is 18.0 Å². The van der Waals surface area contributed by atoms with E-state index in [0.717, 1.165) is 29.8 Å². The van der Waals surface area contributed by atoms with Crippen LogP contribution in [-0.2, 0) is 13.0 Å². The highest BCUT2D eigenvalue weighted by molar-refractivity contribution is 7.15. The van der Waals surface area contributed by atoms with E-state index in [1.165, 1.54) is 41.9 Å². The third kappa shape index (κ3) is 4.50. The van der Waals surface area contributed by atoms with E-state index >= 15 is 0 Å². The number of rotatable bonds is 5. The third-order valence-corrected chi connectivity index (χ3v) is 5.84. The van der Waals surface area contributed by atoms with E-state index < -0.39 is 0 Å². The van der Waals surface area contributed by atoms with Gasteiger partial charge in [-0.05, 0) is 44.4 Å². The number of hydrogen-bond acceptors (Lipinski definition) is 3. The van der Waals surface area contributed by atoms with Crippen molar-refractivity contribution in [3.05, 3.63) is 44.7 Å². The van der Waals surface area contributed by atoms with E-state index in [4.69, 9.17) is 0 Å². The maximum absolute atomic E-state index is 12.1. The zero-order valence-electron chi connectivity index (χ0n) is 14.5. The van der Waals surface area contributed by atoms with Crippen molar-refractivity contribution in [2.45, 2.75) is 65.0 Å². The number of aromatic amines is 1. The molecule has 1 fully saturated rings. The van der Waals surface area contributed by atoms with Crippen molar-refractivity contribution >= 4 is 23.7 Å². The summed E-state index contributed by atoms with van der Waals surface area (Å²) in [5, 5.41) is 3.70. The van der Waals surface area contributed by atoms with Gasteiger partial charge in [-0.3, -0.25) is 4.79 Å². The minimum atomic E-state index is 0. The lowest BCUT2D eigenvalue weighted by Crippen LogP contribution is -2.30. The van der Waals surface area contributed by atoms with Crippen LogP contribution >= 0.6 is 23.7 Å². The van der Waals surface area contributed by atoms with Crippen LogP contribution in [0.5, 0.6) is 0 Å². The molecule has 3 rings (SSSR count). The molecule has 0 saturated heterocycles. The van der Waals surface area contributed by atoms with Crippen LogP contribution in [0, 0.1) is 6.92 Å². The number of halogens is 1. The van der Waals surface area contributed by atoms with Gasteiger partial charge in [0, 0.05) is 39.2 Å². The Balaban J connectivity index is 0.00000208. The summed E-state index contributed by atoms with van der Waals surface area (Å²) in [6.45, 7) is 4.94. The van der Waals surface area contributed by atoms with Crippen molar-refractivity contribution < 1.29 is 0 Å². The maximum atomic E-state index is 12.1. The lowest BCUT2D eigenvalue weighted by Gasteiger charge is -2.22. The van der Waals surface area contributed by atoms with Gasteiger partial charge < -0.3 is 10.3 Å². The molecule has 3 nitrogen and oxygen atoms in total. The fraction of sp³-hybridized carbons (Fsp3) is 0.526. The van der Waals surface area contributed by atoms with Gasteiger partial charge in [0.25, 0.3) is 5.56 Å². The zero-order valence-corrected chi connectivity index (χ0v) is 16.1. The fourth-order valence-electron chi connectivity index (χ4n) is 3.46. The van der Waals surface area contributed by atoms with Gasteiger partial charge in [-0.2, -0.15) is 0 Å². The highest BCUT2D eigenvalue weighted by Gasteiger charge is 2.14. The van der Waals surface area contributed by atoms with Crippen LogP contribution in [-0.4, -0.2) is 11.0 Å². The van der Waals surface area contributed by atoms with Gasteiger partial charge in [0.2, 0.25) is 0 Å². The first-order chi connectivity index (χ1) is 11.2. The van der Waals surface area contributed by atoms with Crippen LogP contribution < -0.4 is 10.9 Å². The quantitative estimate of drug-likeness (QED) is 0.796. The molecule has 0 spiro atoms. The van der Waals surface area contributed by atoms with Gasteiger partial charge in [0.05, 0.1) is 0 Å². The van der Waals surface area contributed by atoms with Gasteiger partial charge in [-0.25, -0.2) is 0 Å². The van der Waals surface area contributed by atoms with Crippen LogP contribution in [0.3, 0.4) is 0 Å². The number of aromatic nitrogens is 1. The Labute approximate surface area is 154 Å². The molecule has 24 heavy (non-hydrogen) atoms. The average molecular weight is 367 g/mol. The molecule has 2 N–H and O–H groups in total. The average Bonchev–Trinajstić information content (AvgIpc) is 3.02. The van der Waals surface area contributed by atoms with Crippen LogP contribution in [0.15, 0.2) is 23.0 Å². The van der Waals surface area contributed by atoms with Gasteiger partial charge >= 0.3 is 0 Å². The van der Waals surface area contributed by atoms with Gasteiger partial charge in [-0.15, -0.1) is 23.7 Å². The maximum Gasteiger partial charge on any atom is 0.251 e. The van der Waals surface area contributed by atoms with Crippen molar-refractivity contribution in [2.24, 2.45) is 0 Å². The standard InChI is InChI=1S/C19H26N2OS.ClH/c1-3-16-17(11-13(2)21-19(16)22)18-10-9-15(23-18)12-20-14-7-5-4-6-8-14;/h9-11,14,20H,3-8,12H2,1-2H3,(H,21,22);1H. The van der Waals surface area contributed by atoms with E-state index in [2.05, 4.69) is 28.5 Å². The molecule has 1 aliphatic rings. The second-order valence-corrected chi connectivity index (χ2v) is 7.68. The molecular weight excluding hydrogens is 340 g/mol. The number of aryl methyl sites for hydroxylation is 1. The van der Waals surface area contributed by atoms with Crippen molar-refractivity contribution in [3.63, 3.8) is 0 Å². The number of nitrogens with one attached hydrogen (secondary N) is 2. The molecule has 0 radical (unpaired) electrons. The summed E-state index contributed by atoms with van der Waals surface area (Å²) < 4.78 is 0. The fourth-order valence-corrected chi connectivity index (χ4v) is 4.46. The Morgan fingerprint density at radius 3 is 2.71 bits per heavy atom. The van der Waals surface area contributed by atoms with Crippen LogP contribution in [0.25, 0.3) is 10.4 Å². The minimum Gasteiger partial charge on any atom is -0.326 e. The molecule has 2 aromatic rings. The highest BCUT2D eigenvalue weighted by atomic mass is 35.5. The molecule has 5 heteroatoms. The number of pyridine rings is 1. The summed E-state index contributed by atoms with van der Waals surface area (Å²) in [7, 11) is 0. The van der Waals surface area contributed by atoms with Gasteiger partial charge in [-0.1, -0.05) is 26.2 Å². The SMILES string of the molecule is CCc1c(-c2ccc(CNC3CCCCC3)s2)cc(C)[nH]c1=O.Cl. The first-order valence-corrected chi connectivity index (χ1v) is 9.54. The zero-order chi connectivity index (χ0) is 16.2. The van der Waals surface area contributed by atoms with E-state index in [1.54, 1.807) is 11.3 Å². The van der Waals surface area contributed by atoms with Crippen LogP contribution in [0.2, 0.25) is 0 Å². The molecule has 1 saturated carbocycles. The largest absolute Gasteiger partial charge is 0.326 e. The summed E-state index contributed by atoms with van der Waals surface area (Å²) >= 11 is 1.81. The molecule has 0 aromatic carbocycles. The number of hydrogen-bond donors (Lipinski definition) is 2. The monoisotopic (exact) mass is 366 g/mol. The second-order valence-electron chi connectivity index (χ2n) is 6.51. The lowest BCUT2D eigenvalue weighted by molar-refractivity contribution is 0.373. The van der Waals surface area contributed by atoms with E-state index in [1.807, 2.05) is 13.8 Å². The lowest BCUT2D eigenvalue weighted by atomic mass is 9.95. The molecule has 2 aromatic heterocycles. The van der Waals surface area contributed by atoms with Crippen molar-refractivity contribution in [2.75, 3.05) is 0 Å². The summed E-state index contributed by atoms with van der Waals surface area (Å²) in [5.41, 5.74) is 2.97. The Bertz CT molecular complexity index is 716. The van der Waals surface area contributed by atoms with E-state index in [9.17, 15) is 4.79 Å². The number of H-pyrrole nitrogens is 1. The normalized spacial score (nSPS) is 15.2. The Kier molecular flexibility index (Phi) is 7.08. The Morgan fingerprint density at radius 2 is 2.00 bits per heavy atom. The number of thiophene rings is 1. The van der Waals surface area contributed by atoms with Crippen molar-refractivity contribution in [1.82, 2.24) is 10.3 Å². The predicted molar refractivity (Wildman–Crippen MR) is 105 cm³/mol. The summed E-state index contributed by atoms with van der Waals surface area (Å²) in [4.78, 5) is 17.6. The smallest absolute Gasteiger partial charge is 0.251 e. The highest BCUT2D eigenvalue weighted by Crippen LogP contribution is 2.30. The molecule has 132 valence electrons. The molecule has 0 bridgehead atoms. The molecular formula is C19H27ClN2OS. The predicted octanol–water partition coefficient (Wildman–Crippen LogP) is 4.82. The summed E-state index contributed by atoms with van der Waals surface area (Å²) in [6, 6.07) is 7.15. The molecule has 0 aliphatic heterocycles.